The van der Waals surface area contributed by atoms with E-state index in [0.29, 0.717) is 12.0 Å². The monoisotopic (exact) mass is 270 g/mol. The predicted molar refractivity (Wildman–Crippen MR) is 78.4 cm³/mol. The van der Waals surface area contributed by atoms with Gasteiger partial charge in [0.05, 0.1) is 0 Å². The predicted octanol–water partition coefficient (Wildman–Crippen LogP) is 2.14. The zero-order chi connectivity index (χ0) is 13.5. The molecule has 3 heteroatoms. The Morgan fingerprint density at radius 2 is 1.95 bits per heavy atom. The highest BCUT2D eigenvalue weighted by Crippen LogP contribution is 2.47. The van der Waals surface area contributed by atoms with Crippen LogP contribution in [0, 0.1) is 5.92 Å². The van der Waals surface area contributed by atoms with E-state index >= 15 is 0 Å². The standard InChI is InChI=1S/C17H22N2O/c20-17(16-10-15(16)12-4-2-1-3-5-12)18-13-8-9-19(11-13)14-6-7-14/h1-5,13-16H,6-11H2,(H,18,20)/t13-,15-,16+/m1/s1. The molecule has 0 bridgehead atoms. The molecule has 1 saturated heterocycles. The first kappa shape index (κ1) is 12.4. The Hall–Kier alpha value is -1.35. The topological polar surface area (TPSA) is 32.3 Å². The Morgan fingerprint density at radius 3 is 2.70 bits per heavy atom. The quantitative estimate of drug-likeness (QED) is 0.909. The first-order chi connectivity index (χ1) is 9.81. The molecule has 3 fully saturated rings. The van der Waals surface area contributed by atoms with Gasteiger partial charge in [0, 0.05) is 31.1 Å². The second-order valence-corrected chi connectivity index (χ2v) is 6.58. The van der Waals surface area contributed by atoms with Gasteiger partial charge in [-0.25, -0.2) is 0 Å². The smallest absolute Gasteiger partial charge is 0.224 e. The van der Waals surface area contributed by atoms with E-state index in [2.05, 4.69) is 34.5 Å². The fraction of sp³-hybridized carbons (Fsp3) is 0.588. The third-order valence-electron chi connectivity index (χ3n) is 4.98. The van der Waals surface area contributed by atoms with Crippen LogP contribution in [0.2, 0.25) is 0 Å². The second kappa shape index (κ2) is 4.88. The molecule has 0 aromatic heterocycles. The molecule has 3 nitrogen and oxygen atoms in total. The van der Waals surface area contributed by atoms with Crippen molar-refractivity contribution in [2.45, 2.75) is 43.7 Å². The maximum absolute atomic E-state index is 12.3. The van der Waals surface area contributed by atoms with Crippen LogP contribution in [0.3, 0.4) is 0 Å². The van der Waals surface area contributed by atoms with Gasteiger partial charge < -0.3 is 5.32 Å². The SMILES string of the molecule is O=C(N[C@@H]1CCN(C2CC2)C1)[C@H]1C[C@@H]1c1ccccc1. The summed E-state index contributed by atoms with van der Waals surface area (Å²) >= 11 is 0. The number of rotatable bonds is 4. The normalized spacial score (nSPS) is 33.1. The molecule has 3 atom stereocenters. The molecule has 0 spiro atoms. The highest BCUT2D eigenvalue weighted by atomic mass is 16.2. The van der Waals surface area contributed by atoms with Crippen molar-refractivity contribution in [1.82, 2.24) is 10.2 Å². The summed E-state index contributed by atoms with van der Waals surface area (Å²) < 4.78 is 0. The lowest BCUT2D eigenvalue weighted by atomic mass is 10.1. The van der Waals surface area contributed by atoms with Gasteiger partial charge in [-0.05, 0) is 37.2 Å². The Morgan fingerprint density at radius 1 is 1.15 bits per heavy atom. The van der Waals surface area contributed by atoms with Crippen molar-refractivity contribution >= 4 is 5.91 Å². The van der Waals surface area contributed by atoms with Crippen LogP contribution in [0.25, 0.3) is 0 Å². The minimum atomic E-state index is 0.215. The van der Waals surface area contributed by atoms with Crippen molar-refractivity contribution in [1.29, 1.82) is 0 Å². The number of nitrogens with zero attached hydrogens (tertiary/aromatic N) is 1. The molecule has 20 heavy (non-hydrogen) atoms. The fourth-order valence-electron chi connectivity index (χ4n) is 3.54. The van der Waals surface area contributed by atoms with Crippen LogP contribution in [-0.4, -0.2) is 36.0 Å². The van der Waals surface area contributed by atoms with Crippen LogP contribution in [-0.2, 0) is 4.79 Å². The lowest BCUT2D eigenvalue weighted by Crippen LogP contribution is -2.38. The molecule has 1 N–H and O–H groups in total. The van der Waals surface area contributed by atoms with Gasteiger partial charge >= 0.3 is 0 Å². The van der Waals surface area contributed by atoms with Crippen molar-refractivity contribution in [3.8, 4) is 0 Å². The van der Waals surface area contributed by atoms with Crippen LogP contribution < -0.4 is 5.32 Å². The third kappa shape index (κ3) is 2.47. The van der Waals surface area contributed by atoms with Gasteiger partial charge in [-0.2, -0.15) is 0 Å². The van der Waals surface area contributed by atoms with E-state index in [-0.39, 0.29) is 11.8 Å². The molecular weight excluding hydrogens is 248 g/mol. The number of benzene rings is 1. The minimum Gasteiger partial charge on any atom is -0.352 e. The van der Waals surface area contributed by atoms with Crippen molar-refractivity contribution in [2.24, 2.45) is 5.92 Å². The lowest BCUT2D eigenvalue weighted by Gasteiger charge is -2.15. The van der Waals surface area contributed by atoms with Gasteiger partial charge in [-0.3, -0.25) is 9.69 Å². The molecule has 4 rings (SSSR count). The minimum absolute atomic E-state index is 0.215. The van der Waals surface area contributed by atoms with E-state index in [4.69, 9.17) is 0 Å². The van der Waals surface area contributed by atoms with E-state index in [1.807, 2.05) is 6.07 Å². The van der Waals surface area contributed by atoms with E-state index < -0.39 is 0 Å². The molecule has 106 valence electrons. The fourth-order valence-corrected chi connectivity index (χ4v) is 3.54. The number of hydrogen-bond acceptors (Lipinski definition) is 2. The van der Waals surface area contributed by atoms with Gasteiger partial charge in [0.15, 0.2) is 0 Å². The molecule has 1 aromatic carbocycles. The highest BCUT2D eigenvalue weighted by Gasteiger charge is 2.45. The average molecular weight is 270 g/mol. The molecule has 1 amide bonds. The molecule has 1 heterocycles. The summed E-state index contributed by atoms with van der Waals surface area (Å²) in [6.45, 7) is 2.24. The van der Waals surface area contributed by atoms with Gasteiger partial charge in [-0.15, -0.1) is 0 Å². The number of carbonyl (C=O) groups is 1. The van der Waals surface area contributed by atoms with Gasteiger partial charge in [0.2, 0.25) is 5.91 Å². The molecule has 1 aromatic rings. The highest BCUT2D eigenvalue weighted by molar-refractivity contribution is 5.83. The molecule has 1 aliphatic heterocycles. The van der Waals surface area contributed by atoms with E-state index in [0.717, 1.165) is 25.4 Å². The first-order valence-electron chi connectivity index (χ1n) is 7.90. The molecule has 0 unspecified atom stereocenters. The lowest BCUT2D eigenvalue weighted by molar-refractivity contribution is -0.123. The average Bonchev–Trinajstić information content (AvgIpc) is 3.39. The van der Waals surface area contributed by atoms with Crippen molar-refractivity contribution < 1.29 is 4.79 Å². The maximum atomic E-state index is 12.3. The van der Waals surface area contributed by atoms with Crippen molar-refractivity contribution in [2.75, 3.05) is 13.1 Å². The summed E-state index contributed by atoms with van der Waals surface area (Å²) in [5.74, 6) is 0.950. The summed E-state index contributed by atoms with van der Waals surface area (Å²) in [4.78, 5) is 14.9. The second-order valence-electron chi connectivity index (χ2n) is 6.58. The first-order valence-corrected chi connectivity index (χ1v) is 7.90. The summed E-state index contributed by atoms with van der Waals surface area (Å²) in [6.07, 6.45) is 4.87. The third-order valence-corrected chi connectivity index (χ3v) is 4.98. The van der Waals surface area contributed by atoms with E-state index in [1.165, 1.54) is 24.9 Å². The summed E-state index contributed by atoms with van der Waals surface area (Å²) in [5.41, 5.74) is 1.32. The van der Waals surface area contributed by atoms with Crippen LogP contribution in [0.15, 0.2) is 30.3 Å². The van der Waals surface area contributed by atoms with Gasteiger partial charge in [0.25, 0.3) is 0 Å². The Labute approximate surface area is 120 Å². The van der Waals surface area contributed by atoms with Crippen LogP contribution in [0.5, 0.6) is 0 Å². The zero-order valence-corrected chi connectivity index (χ0v) is 11.8. The van der Waals surface area contributed by atoms with E-state index in [9.17, 15) is 4.79 Å². The Kier molecular flexibility index (Phi) is 3.03. The molecule has 2 aliphatic carbocycles. The van der Waals surface area contributed by atoms with Crippen LogP contribution in [0.4, 0.5) is 0 Å². The number of hydrogen-bond donors (Lipinski definition) is 1. The number of carbonyl (C=O) groups excluding carboxylic acids is 1. The summed E-state index contributed by atoms with van der Waals surface area (Å²) in [5, 5.41) is 3.27. The van der Waals surface area contributed by atoms with Gasteiger partial charge in [0.1, 0.15) is 0 Å². The Balaban J connectivity index is 1.29. The van der Waals surface area contributed by atoms with E-state index in [1.54, 1.807) is 0 Å². The summed E-state index contributed by atoms with van der Waals surface area (Å²) in [6, 6.07) is 11.7. The van der Waals surface area contributed by atoms with Crippen LogP contribution in [0.1, 0.15) is 37.2 Å². The largest absolute Gasteiger partial charge is 0.352 e. The van der Waals surface area contributed by atoms with Gasteiger partial charge in [-0.1, -0.05) is 30.3 Å². The zero-order valence-electron chi connectivity index (χ0n) is 11.8. The Bertz CT molecular complexity index is 497. The molecule has 2 saturated carbocycles. The molecule has 3 aliphatic rings. The van der Waals surface area contributed by atoms with Crippen molar-refractivity contribution in [3.63, 3.8) is 0 Å². The van der Waals surface area contributed by atoms with Crippen LogP contribution >= 0.6 is 0 Å². The summed E-state index contributed by atoms with van der Waals surface area (Å²) in [7, 11) is 0. The molecule has 0 radical (unpaired) electrons. The number of amides is 1. The number of likely N-dealkylation sites (tertiary alicyclic amines) is 1. The van der Waals surface area contributed by atoms with Crippen molar-refractivity contribution in [3.05, 3.63) is 35.9 Å². The number of nitrogens with one attached hydrogen (secondary N) is 1. The molecular formula is C17H22N2O. The maximum Gasteiger partial charge on any atom is 0.224 e.